The minimum absolute atomic E-state index is 0.192. The lowest BCUT2D eigenvalue weighted by atomic mass is 10.1. The van der Waals surface area contributed by atoms with Crippen molar-refractivity contribution >= 4 is 28.6 Å². The van der Waals surface area contributed by atoms with Gasteiger partial charge in [-0.1, -0.05) is 18.3 Å². The summed E-state index contributed by atoms with van der Waals surface area (Å²) in [6.07, 6.45) is 6.25. The summed E-state index contributed by atoms with van der Waals surface area (Å²) >= 11 is 1.45. The molecule has 0 aliphatic carbocycles. The van der Waals surface area contributed by atoms with Crippen LogP contribution in [0, 0.1) is 0 Å². The minimum Gasteiger partial charge on any atom is -0.296 e. The number of carbonyl (C=O) groups excluding carboxylic acids is 1. The Balaban J connectivity index is 1.80. The Morgan fingerprint density at radius 3 is 2.96 bits per heavy atom. The van der Waals surface area contributed by atoms with Crippen molar-refractivity contribution in [3.8, 4) is 10.6 Å². The van der Waals surface area contributed by atoms with Crippen LogP contribution in [0.3, 0.4) is 0 Å². The van der Waals surface area contributed by atoms with Crippen molar-refractivity contribution in [3.05, 3.63) is 29.2 Å². The number of amides is 1. The van der Waals surface area contributed by atoms with E-state index in [0.717, 1.165) is 47.6 Å². The molecule has 1 N–H and O–H groups in total. The average molecular weight is 343 g/mol. The Labute approximate surface area is 145 Å². The number of allylic oxidation sites excluding steroid dienone is 1. The van der Waals surface area contributed by atoms with E-state index in [1.54, 1.807) is 12.4 Å². The van der Waals surface area contributed by atoms with E-state index >= 15 is 0 Å². The second-order valence-corrected chi connectivity index (χ2v) is 6.68. The summed E-state index contributed by atoms with van der Waals surface area (Å²) in [7, 11) is 0. The van der Waals surface area contributed by atoms with E-state index in [1.165, 1.54) is 11.3 Å². The summed E-state index contributed by atoms with van der Waals surface area (Å²) in [5.74, 6) is -0.192. The lowest BCUT2D eigenvalue weighted by Crippen LogP contribution is -2.16. The molecule has 0 spiro atoms. The number of aryl methyl sites for hydroxylation is 2. The van der Waals surface area contributed by atoms with Crippen molar-refractivity contribution in [2.75, 3.05) is 5.32 Å². The highest BCUT2D eigenvalue weighted by Gasteiger charge is 2.17. The molecular weight excluding hydrogens is 322 g/mol. The molecule has 0 fully saturated rings. The predicted molar refractivity (Wildman–Crippen MR) is 97.4 cm³/mol. The van der Waals surface area contributed by atoms with Crippen LogP contribution in [0.15, 0.2) is 28.5 Å². The molecule has 1 aliphatic rings. The standard InChI is InChI=1S/C17H21N5OS/c1-4-12-9-13(22(5-2)21-12)14-10-19-17(24-14)20-16(23)15-11(3)7-6-8-18-15/h8-10H,4-7H2,1-3H3,(H,19,20,23). The van der Waals surface area contributed by atoms with Gasteiger partial charge in [0.2, 0.25) is 0 Å². The Hall–Kier alpha value is -2.28. The topological polar surface area (TPSA) is 72.2 Å². The smallest absolute Gasteiger partial charge is 0.275 e. The zero-order valence-corrected chi connectivity index (χ0v) is 15.0. The van der Waals surface area contributed by atoms with Gasteiger partial charge in [-0.3, -0.25) is 19.8 Å². The van der Waals surface area contributed by atoms with Gasteiger partial charge in [0.15, 0.2) is 5.13 Å². The van der Waals surface area contributed by atoms with E-state index in [2.05, 4.69) is 40.3 Å². The zero-order valence-electron chi connectivity index (χ0n) is 14.2. The van der Waals surface area contributed by atoms with Crippen LogP contribution in [0.5, 0.6) is 0 Å². The molecule has 1 amide bonds. The molecule has 3 rings (SSSR count). The Bertz CT molecular complexity index is 815. The van der Waals surface area contributed by atoms with Crippen LogP contribution >= 0.6 is 11.3 Å². The molecule has 24 heavy (non-hydrogen) atoms. The number of rotatable bonds is 5. The number of thiazole rings is 1. The quantitative estimate of drug-likeness (QED) is 0.900. The van der Waals surface area contributed by atoms with Gasteiger partial charge >= 0.3 is 0 Å². The predicted octanol–water partition coefficient (Wildman–Crippen LogP) is 3.67. The van der Waals surface area contributed by atoms with Gasteiger partial charge in [-0.25, -0.2) is 4.98 Å². The van der Waals surface area contributed by atoms with Gasteiger partial charge < -0.3 is 0 Å². The molecule has 0 unspecified atom stereocenters. The SMILES string of the molecule is CCc1cc(-c2cnc(NC(=O)C3=C(C)CCC=N3)s2)n(CC)n1. The number of aromatic nitrogens is 3. The van der Waals surface area contributed by atoms with Gasteiger partial charge in [0, 0.05) is 19.0 Å². The zero-order chi connectivity index (χ0) is 17.1. The second kappa shape index (κ2) is 7.09. The van der Waals surface area contributed by atoms with Crippen LogP contribution in [-0.4, -0.2) is 26.9 Å². The van der Waals surface area contributed by atoms with Gasteiger partial charge in [-0.15, -0.1) is 0 Å². The highest BCUT2D eigenvalue weighted by molar-refractivity contribution is 7.19. The summed E-state index contributed by atoms with van der Waals surface area (Å²) in [5.41, 5.74) is 3.62. The van der Waals surface area contributed by atoms with Gasteiger partial charge in [0.1, 0.15) is 5.70 Å². The normalized spacial score (nSPS) is 14.3. The second-order valence-electron chi connectivity index (χ2n) is 5.65. The molecule has 0 radical (unpaired) electrons. The molecule has 3 heterocycles. The first kappa shape index (κ1) is 16.6. The fraction of sp³-hybridized carbons (Fsp3) is 0.412. The van der Waals surface area contributed by atoms with Crippen LogP contribution in [0.1, 0.15) is 39.3 Å². The van der Waals surface area contributed by atoms with Crippen molar-refractivity contribution < 1.29 is 4.79 Å². The van der Waals surface area contributed by atoms with E-state index < -0.39 is 0 Å². The summed E-state index contributed by atoms with van der Waals surface area (Å²) in [5, 5.41) is 8.00. The third-order valence-electron chi connectivity index (χ3n) is 3.96. The third kappa shape index (κ3) is 3.31. The van der Waals surface area contributed by atoms with E-state index in [1.807, 2.05) is 11.6 Å². The van der Waals surface area contributed by atoms with Gasteiger partial charge in [0.25, 0.3) is 5.91 Å². The largest absolute Gasteiger partial charge is 0.296 e. The van der Waals surface area contributed by atoms with Crippen molar-refractivity contribution in [3.63, 3.8) is 0 Å². The number of anilines is 1. The molecule has 0 atom stereocenters. The summed E-state index contributed by atoms with van der Waals surface area (Å²) in [6.45, 7) is 6.90. The van der Waals surface area contributed by atoms with Crippen molar-refractivity contribution in [2.24, 2.45) is 4.99 Å². The average Bonchev–Trinajstić information content (AvgIpc) is 3.21. The van der Waals surface area contributed by atoms with Gasteiger partial charge in [-0.2, -0.15) is 5.10 Å². The van der Waals surface area contributed by atoms with Gasteiger partial charge in [-0.05, 0) is 44.7 Å². The maximum atomic E-state index is 12.4. The van der Waals surface area contributed by atoms with Crippen molar-refractivity contribution in [1.82, 2.24) is 14.8 Å². The van der Waals surface area contributed by atoms with E-state index in [4.69, 9.17) is 0 Å². The van der Waals surface area contributed by atoms with Gasteiger partial charge in [0.05, 0.1) is 16.3 Å². The molecule has 2 aromatic heterocycles. The van der Waals surface area contributed by atoms with Crippen LogP contribution in [0.25, 0.3) is 10.6 Å². The van der Waals surface area contributed by atoms with E-state index in [-0.39, 0.29) is 5.91 Å². The Morgan fingerprint density at radius 2 is 2.25 bits per heavy atom. The number of nitrogens with one attached hydrogen (secondary N) is 1. The highest BCUT2D eigenvalue weighted by Crippen LogP contribution is 2.30. The van der Waals surface area contributed by atoms with E-state index in [0.29, 0.717) is 10.8 Å². The number of carbonyl (C=O) groups is 1. The molecule has 126 valence electrons. The van der Waals surface area contributed by atoms with Crippen LogP contribution < -0.4 is 5.32 Å². The van der Waals surface area contributed by atoms with Crippen LogP contribution in [0.2, 0.25) is 0 Å². The Morgan fingerprint density at radius 1 is 1.42 bits per heavy atom. The van der Waals surface area contributed by atoms with Crippen molar-refractivity contribution in [2.45, 2.75) is 46.6 Å². The monoisotopic (exact) mass is 343 g/mol. The molecular formula is C17H21N5OS. The molecule has 2 aromatic rings. The highest BCUT2D eigenvalue weighted by atomic mass is 32.1. The maximum Gasteiger partial charge on any atom is 0.275 e. The third-order valence-corrected chi connectivity index (χ3v) is 4.89. The molecule has 0 bridgehead atoms. The molecule has 0 aromatic carbocycles. The minimum atomic E-state index is -0.192. The van der Waals surface area contributed by atoms with Crippen LogP contribution in [0.4, 0.5) is 5.13 Å². The number of hydrogen-bond acceptors (Lipinski definition) is 5. The summed E-state index contributed by atoms with van der Waals surface area (Å²) in [6, 6.07) is 2.08. The fourth-order valence-corrected chi connectivity index (χ4v) is 3.44. The molecule has 6 nitrogen and oxygen atoms in total. The van der Waals surface area contributed by atoms with E-state index in [9.17, 15) is 4.79 Å². The molecule has 1 aliphatic heterocycles. The summed E-state index contributed by atoms with van der Waals surface area (Å²) in [4.78, 5) is 21.9. The summed E-state index contributed by atoms with van der Waals surface area (Å²) < 4.78 is 1.97. The number of nitrogens with zero attached hydrogens (tertiary/aromatic N) is 4. The van der Waals surface area contributed by atoms with Crippen molar-refractivity contribution in [1.29, 1.82) is 0 Å². The molecule has 7 heteroatoms. The first-order valence-corrected chi connectivity index (χ1v) is 9.00. The number of hydrogen-bond donors (Lipinski definition) is 1. The number of aliphatic imine (C=N–C) groups is 1. The lowest BCUT2D eigenvalue weighted by molar-refractivity contribution is -0.112. The Kier molecular flexibility index (Phi) is 4.89. The maximum absolute atomic E-state index is 12.4. The fourth-order valence-electron chi connectivity index (χ4n) is 2.61. The first-order chi connectivity index (χ1) is 11.6. The molecule has 0 saturated carbocycles. The van der Waals surface area contributed by atoms with Crippen LogP contribution in [-0.2, 0) is 17.8 Å². The lowest BCUT2D eigenvalue weighted by Gasteiger charge is -2.10. The first-order valence-electron chi connectivity index (χ1n) is 8.19. The molecule has 0 saturated heterocycles.